The maximum atomic E-state index is 11.8. The summed E-state index contributed by atoms with van der Waals surface area (Å²) in [6.45, 7) is 0. The molecule has 70 valence electrons. The van der Waals surface area contributed by atoms with Crippen molar-refractivity contribution in [3.63, 3.8) is 0 Å². The number of hydrogen-bond donors (Lipinski definition) is 0. The molecule has 0 fully saturated rings. The van der Waals surface area contributed by atoms with E-state index in [2.05, 4.69) is 0 Å². The summed E-state index contributed by atoms with van der Waals surface area (Å²) in [5.41, 5.74) is 0. The highest BCUT2D eigenvalue weighted by Crippen LogP contribution is 2.28. The average molecular weight is 206 g/mol. The molecule has 0 aliphatic heterocycles. The third-order valence-corrected chi connectivity index (χ3v) is 2.11. The van der Waals surface area contributed by atoms with E-state index in [1.165, 1.54) is 12.1 Å². The van der Waals surface area contributed by atoms with Gasteiger partial charge in [-0.1, -0.05) is 18.2 Å². The number of rotatable bonds is 1. The third-order valence-electron chi connectivity index (χ3n) is 1.19. The van der Waals surface area contributed by atoms with Crippen LogP contribution in [-0.4, -0.2) is 11.3 Å². The monoisotopic (exact) mass is 206 g/mol. The normalized spacial score (nSPS) is 11.3. The Balaban J connectivity index is 2.66. The first-order valence-electron chi connectivity index (χ1n) is 3.34. The van der Waals surface area contributed by atoms with Gasteiger partial charge in [-0.3, -0.25) is 4.79 Å². The molecule has 5 heteroatoms. The second-order valence-electron chi connectivity index (χ2n) is 2.20. The molecule has 0 saturated carbocycles. The second-order valence-corrected chi connectivity index (χ2v) is 3.25. The molecule has 0 amide bonds. The molecular formula is C8H5F3OS. The fourth-order valence-corrected chi connectivity index (χ4v) is 1.28. The second kappa shape index (κ2) is 3.83. The zero-order valence-corrected chi connectivity index (χ0v) is 7.15. The van der Waals surface area contributed by atoms with E-state index >= 15 is 0 Å². The Hall–Kier alpha value is -0.970. The highest BCUT2D eigenvalue weighted by atomic mass is 32.2. The molecule has 0 N–H and O–H groups in total. The van der Waals surface area contributed by atoms with Crippen molar-refractivity contribution < 1.29 is 18.0 Å². The maximum absolute atomic E-state index is 11.8. The van der Waals surface area contributed by atoms with Crippen molar-refractivity contribution in [2.75, 3.05) is 0 Å². The largest absolute Gasteiger partial charge is 0.461 e. The predicted octanol–water partition coefficient (Wildman–Crippen LogP) is 2.87. The molecule has 0 aliphatic rings. The summed E-state index contributed by atoms with van der Waals surface area (Å²) < 4.78 is 35.3. The van der Waals surface area contributed by atoms with Crippen LogP contribution in [0.3, 0.4) is 0 Å². The Labute approximate surface area is 76.9 Å². The molecule has 0 saturated heterocycles. The number of carbonyl (C=O) groups is 1. The van der Waals surface area contributed by atoms with E-state index in [9.17, 15) is 18.0 Å². The summed E-state index contributed by atoms with van der Waals surface area (Å²) in [4.78, 5) is 10.8. The van der Waals surface area contributed by atoms with Gasteiger partial charge < -0.3 is 0 Å². The van der Waals surface area contributed by atoms with Crippen molar-refractivity contribution in [2.24, 2.45) is 0 Å². The van der Waals surface area contributed by atoms with Gasteiger partial charge in [0.15, 0.2) is 0 Å². The lowest BCUT2D eigenvalue weighted by Crippen LogP contribution is -2.18. The Morgan fingerprint density at radius 2 is 1.69 bits per heavy atom. The van der Waals surface area contributed by atoms with E-state index in [1.807, 2.05) is 0 Å². The van der Waals surface area contributed by atoms with E-state index in [0.717, 1.165) is 0 Å². The molecule has 1 aromatic rings. The molecule has 0 aromatic heterocycles. The predicted molar refractivity (Wildman–Crippen MR) is 43.4 cm³/mol. The van der Waals surface area contributed by atoms with Crippen LogP contribution in [0.1, 0.15) is 0 Å². The Kier molecular flexibility index (Phi) is 2.98. The first kappa shape index (κ1) is 10.1. The molecule has 0 unspecified atom stereocenters. The maximum Gasteiger partial charge on any atom is 0.461 e. The van der Waals surface area contributed by atoms with E-state index in [0.29, 0.717) is 4.90 Å². The highest BCUT2D eigenvalue weighted by Gasteiger charge is 2.38. The Bertz CT molecular complexity index is 294. The van der Waals surface area contributed by atoms with Crippen molar-refractivity contribution in [1.29, 1.82) is 0 Å². The zero-order chi connectivity index (χ0) is 9.90. The van der Waals surface area contributed by atoms with E-state index in [1.54, 1.807) is 18.2 Å². The third kappa shape index (κ3) is 3.10. The minimum absolute atomic E-state index is 0.187. The molecule has 1 aromatic carbocycles. The number of carbonyl (C=O) groups excluding carboxylic acids is 1. The van der Waals surface area contributed by atoms with E-state index in [4.69, 9.17) is 0 Å². The van der Waals surface area contributed by atoms with Gasteiger partial charge in [0.05, 0.1) is 0 Å². The van der Waals surface area contributed by atoms with E-state index < -0.39 is 11.3 Å². The molecule has 1 rings (SSSR count). The molecule has 13 heavy (non-hydrogen) atoms. The van der Waals surface area contributed by atoms with Gasteiger partial charge in [0.25, 0.3) is 5.12 Å². The summed E-state index contributed by atoms with van der Waals surface area (Å²) in [7, 11) is 0. The van der Waals surface area contributed by atoms with Gasteiger partial charge in [-0.05, 0) is 23.9 Å². The lowest BCUT2D eigenvalue weighted by Gasteiger charge is -2.03. The van der Waals surface area contributed by atoms with Crippen molar-refractivity contribution in [3.05, 3.63) is 30.3 Å². The van der Waals surface area contributed by atoms with Gasteiger partial charge in [-0.25, -0.2) is 0 Å². The number of thioether (sulfide) groups is 1. The molecule has 0 aliphatic carbocycles. The van der Waals surface area contributed by atoms with Gasteiger partial charge in [-0.15, -0.1) is 0 Å². The van der Waals surface area contributed by atoms with Crippen LogP contribution < -0.4 is 0 Å². The standard InChI is InChI=1S/C8H5F3OS/c9-8(10,11)7(12)13-6-4-2-1-3-5-6/h1-5H. The van der Waals surface area contributed by atoms with Gasteiger partial charge in [0.1, 0.15) is 0 Å². The van der Waals surface area contributed by atoms with Gasteiger partial charge in [0.2, 0.25) is 0 Å². The van der Waals surface area contributed by atoms with Gasteiger partial charge >= 0.3 is 6.18 Å². The lowest BCUT2D eigenvalue weighted by atomic mass is 10.4. The summed E-state index contributed by atoms with van der Waals surface area (Å²) in [5, 5.41) is -1.79. The molecule has 0 atom stereocenters. The highest BCUT2D eigenvalue weighted by molar-refractivity contribution is 8.13. The molecular weight excluding hydrogens is 201 g/mol. The van der Waals surface area contributed by atoms with Crippen LogP contribution in [0.5, 0.6) is 0 Å². The van der Waals surface area contributed by atoms with Crippen LogP contribution >= 0.6 is 11.8 Å². The Morgan fingerprint density at radius 3 is 2.15 bits per heavy atom. The fourth-order valence-electron chi connectivity index (χ4n) is 0.653. The molecule has 0 radical (unpaired) electrons. The van der Waals surface area contributed by atoms with Crippen molar-refractivity contribution in [3.8, 4) is 0 Å². The summed E-state index contributed by atoms with van der Waals surface area (Å²) in [5.74, 6) is 0. The van der Waals surface area contributed by atoms with Crippen LogP contribution in [0.15, 0.2) is 35.2 Å². The summed E-state index contributed by atoms with van der Waals surface area (Å²) in [6, 6.07) is 7.72. The van der Waals surface area contributed by atoms with E-state index in [-0.39, 0.29) is 11.8 Å². The summed E-state index contributed by atoms with van der Waals surface area (Å²) in [6.07, 6.45) is -4.76. The van der Waals surface area contributed by atoms with Crippen LogP contribution in [0.25, 0.3) is 0 Å². The average Bonchev–Trinajstić information content (AvgIpc) is 2.04. The molecule has 0 bridgehead atoms. The van der Waals surface area contributed by atoms with Gasteiger partial charge in [-0.2, -0.15) is 13.2 Å². The fraction of sp³-hybridized carbons (Fsp3) is 0.125. The van der Waals surface area contributed by atoms with Crippen LogP contribution in [0.2, 0.25) is 0 Å². The van der Waals surface area contributed by atoms with Crippen molar-refractivity contribution in [2.45, 2.75) is 11.1 Å². The molecule has 0 spiro atoms. The molecule has 0 heterocycles. The zero-order valence-electron chi connectivity index (χ0n) is 6.34. The first-order chi connectivity index (χ1) is 6.00. The van der Waals surface area contributed by atoms with Gasteiger partial charge in [0, 0.05) is 4.90 Å². The number of hydrogen-bond acceptors (Lipinski definition) is 2. The minimum atomic E-state index is -4.76. The van der Waals surface area contributed by atoms with Crippen molar-refractivity contribution in [1.82, 2.24) is 0 Å². The lowest BCUT2D eigenvalue weighted by molar-refractivity contribution is -0.160. The smallest absolute Gasteiger partial charge is 0.276 e. The minimum Gasteiger partial charge on any atom is -0.276 e. The SMILES string of the molecule is O=C(Sc1ccccc1)C(F)(F)F. The van der Waals surface area contributed by atoms with Crippen molar-refractivity contribution >= 4 is 16.9 Å². The quantitative estimate of drug-likeness (QED) is 0.657. The van der Waals surface area contributed by atoms with Crippen LogP contribution in [-0.2, 0) is 4.79 Å². The number of halogens is 3. The Morgan fingerprint density at radius 1 is 1.15 bits per heavy atom. The van der Waals surface area contributed by atoms with Crippen LogP contribution in [0, 0.1) is 0 Å². The first-order valence-corrected chi connectivity index (χ1v) is 4.16. The molecule has 1 nitrogen and oxygen atoms in total. The summed E-state index contributed by atoms with van der Waals surface area (Å²) >= 11 is 0.187. The topological polar surface area (TPSA) is 17.1 Å². The number of alkyl halides is 3. The van der Waals surface area contributed by atoms with Crippen LogP contribution in [0.4, 0.5) is 13.2 Å². The number of benzene rings is 1.